The molecule has 0 atom stereocenters. The lowest BCUT2D eigenvalue weighted by Crippen LogP contribution is -2.26. The number of nitrogens with one attached hydrogen (secondary N) is 2. The molecule has 1 amide bonds. The molecule has 30 heavy (non-hydrogen) atoms. The van der Waals surface area contributed by atoms with Gasteiger partial charge in [-0.2, -0.15) is 0 Å². The zero-order valence-corrected chi connectivity index (χ0v) is 17.1. The van der Waals surface area contributed by atoms with Crippen molar-refractivity contribution in [1.82, 2.24) is 5.32 Å². The van der Waals surface area contributed by atoms with Crippen molar-refractivity contribution in [2.24, 2.45) is 0 Å². The number of carbonyl (C=O) groups excluding carboxylic acids is 1. The van der Waals surface area contributed by atoms with Gasteiger partial charge in [-0.3, -0.25) is 9.52 Å². The number of sulfonamides is 1. The van der Waals surface area contributed by atoms with Crippen molar-refractivity contribution >= 4 is 21.6 Å². The molecule has 0 aromatic heterocycles. The van der Waals surface area contributed by atoms with Crippen LogP contribution in [0.4, 0.5) is 10.1 Å². The molecule has 0 saturated heterocycles. The Morgan fingerprint density at radius 1 is 1.00 bits per heavy atom. The number of benzene rings is 3. The standard InChI is InChI=1S/C22H21FN2O4S/c1-29-21-12-5-4-11-20(21)25-30(27,28)18-9-6-8-17(15-18)22(26)24-14-13-16-7-2-3-10-19(16)23/h2-12,15,25H,13-14H2,1H3,(H,24,26). The summed E-state index contributed by atoms with van der Waals surface area (Å²) in [6.07, 6.45) is 0.325. The quantitative estimate of drug-likeness (QED) is 0.574. The van der Waals surface area contributed by atoms with Crippen molar-refractivity contribution in [1.29, 1.82) is 0 Å². The zero-order chi connectivity index (χ0) is 21.6. The molecule has 2 N–H and O–H groups in total. The van der Waals surface area contributed by atoms with Gasteiger partial charge in [-0.1, -0.05) is 36.4 Å². The van der Waals surface area contributed by atoms with E-state index in [4.69, 9.17) is 4.74 Å². The summed E-state index contributed by atoms with van der Waals surface area (Å²) >= 11 is 0. The Morgan fingerprint density at radius 2 is 1.73 bits per heavy atom. The second kappa shape index (κ2) is 9.41. The maximum absolute atomic E-state index is 13.7. The predicted molar refractivity (Wildman–Crippen MR) is 113 cm³/mol. The minimum absolute atomic E-state index is 0.0600. The summed E-state index contributed by atoms with van der Waals surface area (Å²) in [6.45, 7) is 0.218. The van der Waals surface area contributed by atoms with E-state index in [0.29, 0.717) is 23.4 Å². The van der Waals surface area contributed by atoms with Crippen LogP contribution in [0, 0.1) is 5.82 Å². The number of rotatable bonds is 8. The van der Waals surface area contributed by atoms with Crippen molar-refractivity contribution < 1.29 is 22.3 Å². The third-order valence-corrected chi connectivity index (χ3v) is 5.76. The fraction of sp³-hybridized carbons (Fsp3) is 0.136. The maximum atomic E-state index is 13.7. The fourth-order valence-corrected chi connectivity index (χ4v) is 3.97. The number of amides is 1. The number of hydrogen-bond acceptors (Lipinski definition) is 4. The Labute approximate surface area is 174 Å². The first-order chi connectivity index (χ1) is 14.4. The van der Waals surface area contributed by atoms with Gasteiger partial charge in [0.1, 0.15) is 11.6 Å². The molecule has 0 aliphatic heterocycles. The van der Waals surface area contributed by atoms with E-state index in [9.17, 15) is 17.6 Å². The molecule has 0 bridgehead atoms. The summed E-state index contributed by atoms with van der Waals surface area (Å²) in [7, 11) is -2.49. The second-order valence-electron chi connectivity index (χ2n) is 6.43. The molecule has 0 radical (unpaired) electrons. The second-order valence-corrected chi connectivity index (χ2v) is 8.11. The number of para-hydroxylation sites is 2. The summed E-state index contributed by atoms with van der Waals surface area (Å²) in [5.74, 6) is -0.397. The van der Waals surface area contributed by atoms with Crippen LogP contribution in [0.2, 0.25) is 0 Å². The Hall–Kier alpha value is -3.39. The molecule has 6 nitrogen and oxygen atoms in total. The molecular formula is C22H21FN2O4S. The minimum Gasteiger partial charge on any atom is -0.495 e. The minimum atomic E-state index is -3.93. The summed E-state index contributed by atoms with van der Waals surface area (Å²) in [4.78, 5) is 12.4. The highest BCUT2D eigenvalue weighted by atomic mass is 32.2. The molecule has 8 heteroatoms. The lowest BCUT2D eigenvalue weighted by Gasteiger charge is -2.12. The normalized spacial score (nSPS) is 11.0. The van der Waals surface area contributed by atoms with Gasteiger partial charge in [-0.25, -0.2) is 12.8 Å². The number of carbonyl (C=O) groups is 1. The van der Waals surface area contributed by atoms with Crippen LogP contribution >= 0.6 is 0 Å². The van der Waals surface area contributed by atoms with Crippen LogP contribution < -0.4 is 14.8 Å². The number of ether oxygens (including phenoxy) is 1. The van der Waals surface area contributed by atoms with Crippen molar-refractivity contribution in [2.75, 3.05) is 18.4 Å². The molecule has 3 rings (SSSR count). The lowest BCUT2D eigenvalue weighted by molar-refractivity contribution is 0.0954. The molecule has 3 aromatic rings. The molecule has 156 valence electrons. The average molecular weight is 428 g/mol. The molecule has 0 heterocycles. The zero-order valence-electron chi connectivity index (χ0n) is 16.3. The highest BCUT2D eigenvalue weighted by Crippen LogP contribution is 2.26. The van der Waals surface area contributed by atoms with E-state index in [-0.39, 0.29) is 22.8 Å². The van der Waals surface area contributed by atoms with Crippen molar-refractivity contribution in [3.8, 4) is 5.75 Å². The third-order valence-electron chi connectivity index (χ3n) is 4.40. The van der Waals surface area contributed by atoms with Crippen LogP contribution in [0.3, 0.4) is 0 Å². The van der Waals surface area contributed by atoms with Gasteiger partial charge in [0.15, 0.2) is 0 Å². The molecular weight excluding hydrogens is 407 g/mol. The average Bonchev–Trinajstić information content (AvgIpc) is 2.75. The number of anilines is 1. The van der Waals surface area contributed by atoms with Crippen molar-refractivity contribution in [3.05, 3.63) is 89.7 Å². The highest BCUT2D eigenvalue weighted by molar-refractivity contribution is 7.92. The van der Waals surface area contributed by atoms with E-state index in [1.165, 1.54) is 37.4 Å². The van der Waals surface area contributed by atoms with Crippen LogP contribution in [0.1, 0.15) is 15.9 Å². The first kappa shape index (κ1) is 21.3. The van der Waals surface area contributed by atoms with Gasteiger partial charge in [-0.05, 0) is 48.4 Å². The number of hydrogen-bond donors (Lipinski definition) is 2. The van der Waals surface area contributed by atoms with E-state index in [2.05, 4.69) is 10.0 Å². The lowest BCUT2D eigenvalue weighted by atomic mass is 10.1. The van der Waals surface area contributed by atoms with Crippen LogP contribution in [0.5, 0.6) is 5.75 Å². The maximum Gasteiger partial charge on any atom is 0.262 e. The van der Waals surface area contributed by atoms with E-state index in [0.717, 1.165) is 0 Å². The van der Waals surface area contributed by atoms with Crippen LogP contribution in [-0.2, 0) is 16.4 Å². The molecule has 0 aliphatic rings. The molecule has 0 spiro atoms. The van der Waals surface area contributed by atoms with Crippen molar-refractivity contribution in [3.63, 3.8) is 0 Å². The molecule has 0 aliphatic carbocycles. The van der Waals surface area contributed by atoms with E-state index >= 15 is 0 Å². The van der Waals surface area contributed by atoms with Crippen LogP contribution in [-0.4, -0.2) is 28.0 Å². The van der Waals surface area contributed by atoms with Gasteiger partial charge >= 0.3 is 0 Å². The molecule has 0 unspecified atom stereocenters. The van der Waals surface area contributed by atoms with Gasteiger partial charge in [0.25, 0.3) is 15.9 Å². The van der Waals surface area contributed by atoms with Gasteiger partial charge in [0, 0.05) is 12.1 Å². The third kappa shape index (κ3) is 5.15. The van der Waals surface area contributed by atoms with Crippen molar-refractivity contribution in [2.45, 2.75) is 11.3 Å². The summed E-state index contributed by atoms with van der Waals surface area (Å²) < 4.78 is 46.8. The first-order valence-electron chi connectivity index (χ1n) is 9.18. The van der Waals surface area contributed by atoms with Gasteiger partial charge in [0.05, 0.1) is 17.7 Å². The monoisotopic (exact) mass is 428 g/mol. The first-order valence-corrected chi connectivity index (χ1v) is 10.7. The Bertz CT molecular complexity index is 1150. The Balaban J connectivity index is 1.70. The topological polar surface area (TPSA) is 84.5 Å². The number of halogens is 1. The largest absolute Gasteiger partial charge is 0.495 e. The van der Waals surface area contributed by atoms with E-state index in [1.54, 1.807) is 42.5 Å². The SMILES string of the molecule is COc1ccccc1NS(=O)(=O)c1cccc(C(=O)NCCc2ccccc2F)c1. The van der Waals surface area contributed by atoms with Gasteiger partial charge in [0.2, 0.25) is 0 Å². The van der Waals surface area contributed by atoms with Gasteiger partial charge in [-0.15, -0.1) is 0 Å². The summed E-state index contributed by atoms with van der Waals surface area (Å²) in [5, 5.41) is 2.68. The van der Waals surface area contributed by atoms with E-state index < -0.39 is 15.9 Å². The Morgan fingerprint density at radius 3 is 2.50 bits per heavy atom. The van der Waals surface area contributed by atoms with Crippen LogP contribution in [0.15, 0.2) is 77.7 Å². The Kier molecular flexibility index (Phi) is 6.68. The van der Waals surface area contributed by atoms with Crippen LogP contribution in [0.25, 0.3) is 0 Å². The summed E-state index contributed by atoms with van der Waals surface area (Å²) in [5.41, 5.74) is 0.973. The smallest absolute Gasteiger partial charge is 0.262 e. The van der Waals surface area contributed by atoms with Gasteiger partial charge < -0.3 is 10.1 Å². The highest BCUT2D eigenvalue weighted by Gasteiger charge is 2.18. The molecule has 0 saturated carbocycles. The molecule has 0 fully saturated rings. The fourth-order valence-electron chi connectivity index (χ4n) is 2.85. The van der Waals surface area contributed by atoms with E-state index in [1.807, 2.05) is 0 Å². The number of methoxy groups -OCH3 is 1. The summed E-state index contributed by atoms with van der Waals surface area (Å²) in [6, 6.07) is 18.6. The predicted octanol–water partition coefficient (Wildman–Crippen LogP) is 3.61. The molecule has 3 aromatic carbocycles.